The zero-order chi connectivity index (χ0) is 23.5. The molecular formula is C25H36N4O3. The molecule has 0 saturated heterocycles. The second-order valence-corrected chi connectivity index (χ2v) is 10.0. The molecule has 3 rings (SSSR count). The first-order chi connectivity index (χ1) is 15.2. The summed E-state index contributed by atoms with van der Waals surface area (Å²) in [5, 5.41) is 23.5. The molecule has 0 aliphatic heterocycles. The molecule has 2 N–H and O–H groups in total. The number of hydrogen-bond acceptors (Lipinski definition) is 5. The van der Waals surface area contributed by atoms with E-state index in [0.717, 1.165) is 25.7 Å². The minimum atomic E-state index is -0.610. The van der Waals surface area contributed by atoms with Gasteiger partial charge in [-0.2, -0.15) is 5.26 Å². The summed E-state index contributed by atoms with van der Waals surface area (Å²) in [5.74, 6) is -0.555. The lowest BCUT2D eigenvalue weighted by Gasteiger charge is -2.56. The number of nitrogens with zero attached hydrogens (tertiary/aromatic N) is 3. The number of pyridine rings is 1. The molecule has 1 aromatic rings. The summed E-state index contributed by atoms with van der Waals surface area (Å²) in [7, 11) is 1.72. The summed E-state index contributed by atoms with van der Waals surface area (Å²) in [5.41, 5.74) is 0.395. The molecule has 7 heteroatoms. The first kappa shape index (κ1) is 24.2. The maximum atomic E-state index is 12.9. The molecule has 7 nitrogen and oxygen atoms in total. The van der Waals surface area contributed by atoms with Crippen molar-refractivity contribution in [3.05, 3.63) is 30.1 Å². The molecule has 0 spiro atoms. The molecule has 2 saturated carbocycles. The van der Waals surface area contributed by atoms with Gasteiger partial charge in [-0.1, -0.05) is 26.8 Å². The predicted molar refractivity (Wildman–Crippen MR) is 121 cm³/mol. The maximum Gasteiger partial charge on any atom is 0.270 e. The topological polar surface area (TPSA) is 106 Å². The van der Waals surface area contributed by atoms with Crippen LogP contribution in [0.2, 0.25) is 0 Å². The van der Waals surface area contributed by atoms with Crippen LogP contribution >= 0.6 is 0 Å². The minimum absolute atomic E-state index is 0.00294. The van der Waals surface area contributed by atoms with Crippen molar-refractivity contribution in [1.29, 1.82) is 5.26 Å². The van der Waals surface area contributed by atoms with Gasteiger partial charge < -0.3 is 15.3 Å². The van der Waals surface area contributed by atoms with Crippen LogP contribution in [0, 0.1) is 40.4 Å². The lowest BCUT2D eigenvalue weighted by Crippen LogP contribution is -2.58. The molecule has 0 radical (unpaired) electrons. The van der Waals surface area contributed by atoms with Gasteiger partial charge in [-0.05, 0) is 61.0 Å². The highest BCUT2D eigenvalue weighted by molar-refractivity contribution is 5.92. The summed E-state index contributed by atoms with van der Waals surface area (Å²) in [6.45, 7) is 6.66. The van der Waals surface area contributed by atoms with Crippen LogP contribution in [0.4, 0.5) is 0 Å². The van der Waals surface area contributed by atoms with Crippen LogP contribution in [0.1, 0.15) is 63.4 Å². The fourth-order valence-corrected chi connectivity index (χ4v) is 6.10. The zero-order valence-electron chi connectivity index (χ0n) is 19.6. The van der Waals surface area contributed by atoms with Crippen LogP contribution in [0.15, 0.2) is 24.4 Å². The van der Waals surface area contributed by atoms with Crippen LogP contribution in [-0.2, 0) is 4.79 Å². The largest absolute Gasteiger partial charge is 0.392 e. The van der Waals surface area contributed by atoms with Gasteiger partial charge in [0.25, 0.3) is 5.91 Å². The average Bonchev–Trinajstić information content (AvgIpc) is 2.79. The second kappa shape index (κ2) is 9.99. The molecule has 0 aromatic carbocycles. The van der Waals surface area contributed by atoms with Crippen LogP contribution < -0.4 is 5.32 Å². The molecule has 1 aromatic heterocycles. The lowest BCUT2D eigenvalue weighted by molar-refractivity contribution is -0.149. The first-order valence-corrected chi connectivity index (χ1v) is 11.7. The smallest absolute Gasteiger partial charge is 0.270 e. The Kier molecular flexibility index (Phi) is 7.55. The molecule has 174 valence electrons. The number of nitriles is 1. The number of rotatable bonds is 6. The van der Waals surface area contributed by atoms with Gasteiger partial charge in [0.05, 0.1) is 18.6 Å². The van der Waals surface area contributed by atoms with Crippen molar-refractivity contribution in [3.63, 3.8) is 0 Å². The Balaban J connectivity index is 1.73. The van der Waals surface area contributed by atoms with Crippen LogP contribution in [-0.4, -0.2) is 52.5 Å². The van der Waals surface area contributed by atoms with E-state index in [-0.39, 0.29) is 46.9 Å². The molecule has 0 unspecified atom stereocenters. The third-order valence-corrected chi connectivity index (χ3v) is 8.07. The van der Waals surface area contributed by atoms with Crippen molar-refractivity contribution in [2.75, 3.05) is 13.6 Å². The number of aliphatic hydroxyl groups is 1. The highest BCUT2D eigenvalue weighted by Crippen LogP contribution is 2.55. The quantitative estimate of drug-likeness (QED) is 0.707. The van der Waals surface area contributed by atoms with E-state index >= 15 is 0 Å². The Labute approximate surface area is 191 Å². The maximum absolute atomic E-state index is 12.9. The van der Waals surface area contributed by atoms with Crippen molar-refractivity contribution < 1.29 is 14.7 Å². The van der Waals surface area contributed by atoms with Gasteiger partial charge in [0, 0.05) is 31.7 Å². The minimum Gasteiger partial charge on any atom is -0.392 e. The van der Waals surface area contributed by atoms with E-state index in [1.807, 2.05) is 6.92 Å². The molecule has 32 heavy (non-hydrogen) atoms. The molecule has 2 aliphatic rings. The Bertz CT molecular complexity index is 854. The van der Waals surface area contributed by atoms with Crippen LogP contribution in [0.3, 0.4) is 0 Å². The van der Waals surface area contributed by atoms with Crippen molar-refractivity contribution in [1.82, 2.24) is 15.2 Å². The van der Waals surface area contributed by atoms with Gasteiger partial charge in [0.2, 0.25) is 5.91 Å². The van der Waals surface area contributed by atoms with Gasteiger partial charge >= 0.3 is 0 Å². The van der Waals surface area contributed by atoms with Gasteiger partial charge in [0.1, 0.15) is 5.69 Å². The standard InChI is InChI=1S/C25H36N4O3/c1-16(24(32)29(4)15-7-13-26)18-9-11-25(3)12-10-19(17(2)21(25)22(18)30)28-23(31)20-8-5-6-14-27-20/h5-6,8,14,16-19,21-22,30H,7,9-12,15H2,1-4H3,(H,28,31)/t16-,17+,18-,19-,21+,22-,25-/m0/s1. The number of aliphatic hydroxyl groups excluding tert-OH is 1. The van der Waals surface area contributed by atoms with E-state index in [2.05, 4.69) is 30.2 Å². The monoisotopic (exact) mass is 440 g/mol. The molecule has 2 aliphatic carbocycles. The van der Waals surface area contributed by atoms with E-state index in [1.165, 1.54) is 0 Å². The number of aromatic nitrogens is 1. The molecule has 2 fully saturated rings. The lowest BCUT2D eigenvalue weighted by atomic mass is 9.51. The van der Waals surface area contributed by atoms with E-state index in [1.54, 1.807) is 36.3 Å². The average molecular weight is 441 g/mol. The predicted octanol–water partition coefficient (Wildman–Crippen LogP) is 3.01. The van der Waals surface area contributed by atoms with E-state index in [0.29, 0.717) is 18.7 Å². The first-order valence-electron chi connectivity index (χ1n) is 11.7. The van der Waals surface area contributed by atoms with Crippen molar-refractivity contribution in [2.45, 2.75) is 65.0 Å². The number of carbonyl (C=O) groups excluding carboxylic acids is 2. The van der Waals surface area contributed by atoms with Crippen molar-refractivity contribution in [2.24, 2.45) is 29.1 Å². The highest BCUT2D eigenvalue weighted by atomic mass is 16.3. The Morgan fingerprint density at radius 1 is 1.38 bits per heavy atom. The zero-order valence-corrected chi connectivity index (χ0v) is 19.6. The summed E-state index contributed by atoms with van der Waals surface area (Å²) in [6, 6.07) is 7.32. The van der Waals surface area contributed by atoms with Crippen LogP contribution in [0.25, 0.3) is 0 Å². The summed E-state index contributed by atoms with van der Waals surface area (Å²) >= 11 is 0. The Morgan fingerprint density at radius 3 is 2.75 bits per heavy atom. The molecular weight excluding hydrogens is 404 g/mol. The van der Waals surface area contributed by atoms with Gasteiger partial charge in [-0.15, -0.1) is 0 Å². The molecule has 0 bridgehead atoms. The summed E-state index contributed by atoms with van der Waals surface area (Å²) in [4.78, 5) is 31.4. The van der Waals surface area contributed by atoms with Gasteiger partial charge in [0.15, 0.2) is 0 Å². The van der Waals surface area contributed by atoms with Gasteiger partial charge in [-0.25, -0.2) is 0 Å². The van der Waals surface area contributed by atoms with Crippen molar-refractivity contribution >= 4 is 11.8 Å². The van der Waals surface area contributed by atoms with Gasteiger partial charge in [-0.3, -0.25) is 14.6 Å². The number of amides is 2. The highest BCUT2D eigenvalue weighted by Gasteiger charge is 2.54. The van der Waals surface area contributed by atoms with Crippen molar-refractivity contribution in [3.8, 4) is 6.07 Å². The normalized spacial score (nSPS) is 32.8. The molecule has 7 atom stereocenters. The summed E-state index contributed by atoms with van der Waals surface area (Å²) in [6.07, 6.45) is 4.88. The third-order valence-electron chi connectivity index (χ3n) is 8.07. The van der Waals surface area contributed by atoms with E-state index in [9.17, 15) is 14.7 Å². The molecule has 2 amide bonds. The number of fused-ring (bicyclic) bond motifs is 1. The Hall–Kier alpha value is -2.46. The van der Waals surface area contributed by atoms with E-state index in [4.69, 9.17) is 5.26 Å². The number of hydrogen-bond donors (Lipinski definition) is 2. The Morgan fingerprint density at radius 2 is 2.09 bits per heavy atom. The number of carbonyl (C=O) groups is 2. The number of nitrogens with one attached hydrogen (secondary N) is 1. The molecule has 1 heterocycles. The van der Waals surface area contributed by atoms with E-state index < -0.39 is 6.10 Å². The third kappa shape index (κ3) is 4.80. The van der Waals surface area contributed by atoms with Crippen LogP contribution in [0.5, 0.6) is 0 Å². The fourth-order valence-electron chi connectivity index (χ4n) is 6.10. The SMILES string of the molecule is C[C@H]1[C@@H]2[C@@H](O)[C@H]([C@H](C)C(=O)N(C)CCC#N)CC[C@@]2(C)CC[C@@H]1NC(=O)c1ccccn1. The summed E-state index contributed by atoms with van der Waals surface area (Å²) < 4.78 is 0. The fraction of sp³-hybridized carbons (Fsp3) is 0.680. The second-order valence-electron chi connectivity index (χ2n) is 10.0.